The largest absolute Gasteiger partial charge is 0.346 e. The first-order valence-corrected chi connectivity index (χ1v) is 5.17. The molecule has 1 heterocycles. The van der Waals surface area contributed by atoms with Gasteiger partial charge in [0, 0.05) is 5.02 Å². The summed E-state index contributed by atoms with van der Waals surface area (Å²) in [7, 11) is 0. The molecular formula is C11H10ClNS. The molecule has 0 spiro atoms. The lowest BCUT2D eigenvalue weighted by atomic mass is 10.1. The van der Waals surface area contributed by atoms with E-state index in [0.717, 1.165) is 31.7 Å². The van der Waals surface area contributed by atoms with Crippen molar-refractivity contribution in [2.24, 2.45) is 0 Å². The van der Waals surface area contributed by atoms with Gasteiger partial charge in [-0.05, 0) is 42.5 Å². The molecule has 0 unspecified atom stereocenters. The summed E-state index contributed by atoms with van der Waals surface area (Å²) < 4.78 is 0.780. The van der Waals surface area contributed by atoms with Crippen molar-refractivity contribution in [2.45, 2.75) is 13.8 Å². The standard InChI is InChI=1S/C11H10ClNS/c1-6-5-8-3-4-9(12)7(2)10(8)13-11(6)14/h3-5H,1-2H3,(H,13,14). The number of nitrogens with one attached hydrogen (secondary N) is 1. The van der Waals surface area contributed by atoms with Gasteiger partial charge < -0.3 is 4.98 Å². The quantitative estimate of drug-likeness (QED) is 0.663. The minimum atomic E-state index is 0.770. The van der Waals surface area contributed by atoms with E-state index in [2.05, 4.69) is 11.1 Å². The van der Waals surface area contributed by atoms with Crippen LogP contribution in [0.2, 0.25) is 5.02 Å². The van der Waals surface area contributed by atoms with Crippen molar-refractivity contribution in [1.29, 1.82) is 0 Å². The predicted molar refractivity (Wildman–Crippen MR) is 63.6 cm³/mol. The monoisotopic (exact) mass is 223 g/mol. The highest BCUT2D eigenvalue weighted by atomic mass is 35.5. The van der Waals surface area contributed by atoms with Crippen LogP contribution in [-0.4, -0.2) is 4.98 Å². The number of hydrogen-bond donors (Lipinski definition) is 1. The zero-order chi connectivity index (χ0) is 10.3. The first-order chi connectivity index (χ1) is 6.59. The van der Waals surface area contributed by atoms with E-state index in [9.17, 15) is 0 Å². The molecule has 0 amide bonds. The second kappa shape index (κ2) is 3.37. The molecule has 0 saturated heterocycles. The highest BCUT2D eigenvalue weighted by molar-refractivity contribution is 7.71. The Labute approximate surface area is 92.7 Å². The maximum atomic E-state index is 6.03. The van der Waals surface area contributed by atoms with Gasteiger partial charge in [0.05, 0.1) is 5.52 Å². The second-order valence-corrected chi connectivity index (χ2v) is 4.23. The molecule has 3 heteroatoms. The third-order valence-electron chi connectivity index (χ3n) is 2.40. The van der Waals surface area contributed by atoms with Gasteiger partial charge in [0.15, 0.2) is 0 Å². The van der Waals surface area contributed by atoms with Crippen LogP contribution in [0.15, 0.2) is 18.2 Å². The van der Waals surface area contributed by atoms with Crippen molar-refractivity contribution in [3.05, 3.63) is 39.0 Å². The normalized spacial score (nSPS) is 10.8. The molecule has 0 atom stereocenters. The third-order valence-corrected chi connectivity index (χ3v) is 3.23. The first kappa shape index (κ1) is 9.69. The Bertz CT molecular complexity index is 557. The molecule has 0 radical (unpaired) electrons. The molecular weight excluding hydrogens is 214 g/mol. The van der Waals surface area contributed by atoms with Crippen LogP contribution in [0.3, 0.4) is 0 Å². The Hall–Kier alpha value is -0.860. The summed E-state index contributed by atoms with van der Waals surface area (Å²) in [6.45, 7) is 3.99. The van der Waals surface area contributed by atoms with Crippen LogP contribution in [0.1, 0.15) is 11.1 Å². The van der Waals surface area contributed by atoms with E-state index < -0.39 is 0 Å². The van der Waals surface area contributed by atoms with Crippen LogP contribution in [0.4, 0.5) is 0 Å². The van der Waals surface area contributed by atoms with E-state index in [1.807, 2.05) is 26.0 Å². The molecule has 0 fully saturated rings. The van der Waals surface area contributed by atoms with E-state index in [4.69, 9.17) is 23.8 Å². The summed E-state index contributed by atoms with van der Waals surface area (Å²) in [5.74, 6) is 0. The molecule has 1 aromatic carbocycles. The third kappa shape index (κ3) is 1.45. The lowest BCUT2D eigenvalue weighted by Gasteiger charge is -2.05. The van der Waals surface area contributed by atoms with Gasteiger partial charge in [-0.15, -0.1) is 0 Å². The Morgan fingerprint density at radius 3 is 2.71 bits per heavy atom. The predicted octanol–water partition coefficient (Wildman–Crippen LogP) is 4.17. The second-order valence-electron chi connectivity index (χ2n) is 3.42. The van der Waals surface area contributed by atoms with Crippen LogP contribution >= 0.6 is 23.8 Å². The number of H-pyrrole nitrogens is 1. The molecule has 2 aromatic rings. The Kier molecular flexibility index (Phi) is 2.33. The van der Waals surface area contributed by atoms with E-state index in [0.29, 0.717) is 0 Å². The van der Waals surface area contributed by atoms with E-state index in [1.54, 1.807) is 0 Å². The van der Waals surface area contributed by atoms with Gasteiger partial charge >= 0.3 is 0 Å². The molecule has 1 nitrogen and oxygen atoms in total. The molecule has 0 aliphatic heterocycles. The van der Waals surface area contributed by atoms with Crippen molar-refractivity contribution in [2.75, 3.05) is 0 Å². The SMILES string of the molecule is Cc1cc2ccc(Cl)c(C)c2[nH]c1=S. The lowest BCUT2D eigenvalue weighted by Crippen LogP contribution is -1.87. The maximum Gasteiger partial charge on any atom is 0.106 e. The Morgan fingerprint density at radius 2 is 2.00 bits per heavy atom. The van der Waals surface area contributed by atoms with Crippen molar-refractivity contribution in [3.8, 4) is 0 Å². The number of fused-ring (bicyclic) bond motifs is 1. The summed E-state index contributed by atoms with van der Waals surface area (Å²) in [6, 6.07) is 6.00. The zero-order valence-corrected chi connectivity index (χ0v) is 9.59. The highest BCUT2D eigenvalue weighted by Crippen LogP contribution is 2.24. The molecule has 1 aromatic heterocycles. The van der Waals surface area contributed by atoms with E-state index in [1.165, 1.54) is 0 Å². The summed E-state index contributed by atoms with van der Waals surface area (Å²) in [6.07, 6.45) is 0. The maximum absolute atomic E-state index is 6.03. The minimum absolute atomic E-state index is 0.770. The van der Waals surface area contributed by atoms with Gasteiger partial charge in [-0.3, -0.25) is 0 Å². The number of hydrogen-bond acceptors (Lipinski definition) is 1. The fourth-order valence-corrected chi connectivity index (χ4v) is 1.82. The van der Waals surface area contributed by atoms with Gasteiger partial charge in [0.25, 0.3) is 0 Å². The Balaban J connectivity index is 2.97. The van der Waals surface area contributed by atoms with Crippen molar-refractivity contribution >= 4 is 34.7 Å². The smallest absolute Gasteiger partial charge is 0.106 e. The van der Waals surface area contributed by atoms with Crippen LogP contribution < -0.4 is 0 Å². The van der Waals surface area contributed by atoms with Gasteiger partial charge in [-0.25, -0.2) is 0 Å². The van der Waals surface area contributed by atoms with Crippen molar-refractivity contribution < 1.29 is 0 Å². The molecule has 1 N–H and O–H groups in total. The number of aromatic amines is 1. The van der Waals surface area contributed by atoms with E-state index >= 15 is 0 Å². The molecule has 14 heavy (non-hydrogen) atoms. The number of benzene rings is 1. The van der Waals surface area contributed by atoms with Crippen LogP contribution in [0, 0.1) is 18.5 Å². The zero-order valence-electron chi connectivity index (χ0n) is 8.02. The summed E-state index contributed by atoms with van der Waals surface area (Å²) >= 11 is 11.2. The van der Waals surface area contributed by atoms with Crippen LogP contribution in [-0.2, 0) is 0 Å². The van der Waals surface area contributed by atoms with Gasteiger partial charge in [-0.1, -0.05) is 29.9 Å². The highest BCUT2D eigenvalue weighted by Gasteiger charge is 2.02. The average Bonchev–Trinajstić information content (AvgIpc) is 2.15. The average molecular weight is 224 g/mol. The molecule has 2 rings (SSSR count). The van der Waals surface area contributed by atoms with Crippen molar-refractivity contribution in [1.82, 2.24) is 4.98 Å². The number of pyridine rings is 1. The fourth-order valence-electron chi connectivity index (χ4n) is 1.50. The summed E-state index contributed by atoms with van der Waals surface area (Å²) in [5, 5.41) is 1.92. The topological polar surface area (TPSA) is 15.8 Å². The van der Waals surface area contributed by atoms with Crippen LogP contribution in [0.5, 0.6) is 0 Å². The molecule has 72 valence electrons. The first-order valence-electron chi connectivity index (χ1n) is 4.38. The molecule has 0 bridgehead atoms. The van der Waals surface area contributed by atoms with Gasteiger partial charge in [0.1, 0.15) is 4.64 Å². The lowest BCUT2D eigenvalue weighted by molar-refractivity contribution is 1.28. The Morgan fingerprint density at radius 1 is 1.29 bits per heavy atom. The molecule has 0 aliphatic rings. The number of halogens is 1. The fraction of sp³-hybridized carbons (Fsp3) is 0.182. The van der Waals surface area contributed by atoms with E-state index in [-0.39, 0.29) is 0 Å². The van der Waals surface area contributed by atoms with Gasteiger partial charge in [-0.2, -0.15) is 0 Å². The summed E-state index contributed by atoms with van der Waals surface area (Å²) in [4.78, 5) is 3.20. The number of rotatable bonds is 0. The number of aromatic nitrogens is 1. The van der Waals surface area contributed by atoms with Gasteiger partial charge in [0.2, 0.25) is 0 Å². The van der Waals surface area contributed by atoms with Crippen molar-refractivity contribution in [3.63, 3.8) is 0 Å². The molecule has 0 saturated carbocycles. The molecule has 0 aliphatic carbocycles. The summed E-state index contributed by atoms with van der Waals surface area (Å²) in [5.41, 5.74) is 3.18. The minimum Gasteiger partial charge on any atom is -0.346 e. The number of aryl methyl sites for hydroxylation is 2. The van der Waals surface area contributed by atoms with Crippen LogP contribution in [0.25, 0.3) is 10.9 Å².